The van der Waals surface area contributed by atoms with Gasteiger partial charge in [0, 0.05) is 18.6 Å². The fraction of sp³-hybridized carbons (Fsp3) is 0.538. The third-order valence-electron chi connectivity index (χ3n) is 3.33. The van der Waals surface area contributed by atoms with E-state index in [2.05, 4.69) is 18.7 Å². The summed E-state index contributed by atoms with van der Waals surface area (Å²) in [5.41, 5.74) is 6.66. The molecule has 2 unspecified atom stereocenters. The van der Waals surface area contributed by atoms with E-state index in [-0.39, 0.29) is 16.9 Å². The minimum atomic E-state index is -0.389. The van der Waals surface area contributed by atoms with Gasteiger partial charge in [-0.05, 0) is 38.1 Å². The molecule has 1 aromatic carbocycles. The van der Waals surface area contributed by atoms with Gasteiger partial charge in [0.1, 0.15) is 5.82 Å². The van der Waals surface area contributed by atoms with Crippen molar-refractivity contribution in [3.05, 3.63) is 34.6 Å². The second-order valence-corrected chi connectivity index (χ2v) is 4.75. The fourth-order valence-corrected chi connectivity index (χ4v) is 1.97. The molecule has 0 heterocycles. The minimum Gasteiger partial charge on any atom is -0.329 e. The Balaban J connectivity index is 2.97. The van der Waals surface area contributed by atoms with Gasteiger partial charge in [0.15, 0.2) is 0 Å². The maximum absolute atomic E-state index is 13.4. The first-order chi connectivity index (χ1) is 8.01. The molecule has 4 heteroatoms. The summed E-state index contributed by atoms with van der Waals surface area (Å²) in [5, 5.41) is 0.149. The second-order valence-electron chi connectivity index (χ2n) is 4.35. The zero-order valence-corrected chi connectivity index (χ0v) is 11.3. The third kappa shape index (κ3) is 3.41. The first-order valence-corrected chi connectivity index (χ1v) is 6.26. The Morgan fingerprint density at radius 1 is 1.47 bits per heavy atom. The van der Waals surface area contributed by atoms with Crippen LogP contribution in [0.2, 0.25) is 5.02 Å². The van der Waals surface area contributed by atoms with Crippen LogP contribution in [0.15, 0.2) is 18.2 Å². The smallest absolute Gasteiger partial charge is 0.142 e. The Morgan fingerprint density at radius 2 is 2.12 bits per heavy atom. The van der Waals surface area contributed by atoms with Crippen LogP contribution in [0.5, 0.6) is 0 Å². The maximum Gasteiger partial charge on any atom is 0.142 e. The topological polar surface area (TPSA) is 29.3 Å². The molecule has 1 rings (SSSR count). The number of halogens is 2. The van der Waals surface area contributed by atoms with Gasteiger partial charge in [-0.1, -0.05) is 24.6 Å². The van der Waals surface area contributed by atoms with Gasteiger partial charge in [-0.3, -0.25) is 4.90 Å². The van der Waals surface area contributed by atoms with E-state index in [9.17, 15) is 4.39 Å². The van der Waals surface area contributed by atoms with Gasteiger partial charge in [-0.25, -0.2) is 4.39 Å². The average molecular weight is 259 g/mol. The molecule has 0 spiro atoms. The summed E-state index contributed by atoms with van der Waals surface area (Å²) in [7, 11) is 2.01. The van der Waals surface area contributed by atoms with Gasteiger partial charge in [-0.2, -0.15) is 0 Å². The molecule has 0 fully saturated rings. The van der Waals surface area contributed by atoms with Gasteiger partial charge in [-0.15, -0.1) is 0 Å². The molecule has 0 aliphatic heterocycles. The zero-order valence-electron chi connectivity index (χ0n) is 10.6. The summed E-state index contributed by atoms with van der Waals surface area (Å²) in [6, 6.07) is 5.32. The lowest BCUT2D eigenvalue weighted by atomic mass is 10.0. The average Bonchev–Trinajstić information content (AvgIpc) is 2.33. The number of likely N-dealkylation sites (N-methyl/N-ethyl adjacent to an activating group) is 1. The lowest BCUT2D eigenvalue weighted by molar-refractivity contribution is 0.184. The van der Waals surface area contributed by atoms with Crippen molar-refractivity contribution in [3.63, 3.8) is 0 Å². The summed E-state index contributed by atoms with van der Waals surface area (Å²) in [4.78, 5) is 2.17. The van der Waals surface area contributed by atoms with Crippen LogP contribution in [-0.4, -0.2) is 24.5 Å². The molecule has 0 aliphatic rings. The van der Waals surface area contributed by atoms with Crippen LogP contribution in [0, 0.1) is 5.82 Å². The highest BCUT2D eigenvalue weighted by molar-refractivity contribution is 6.30. The van der Waals surface area contributed by atoms with Crippen molar-refractivity contribution in [3.8, 4) is 0 Å². The highest BCUT2D eigenvalue weighted by Crippen LogP contribution is 2.25. The van der Waals surface area contributed by atoms with Crippen LogP contribution in [0.1, 0.15) is 31.9 Å². The number of benzene rings is 1. The molecule has 0 saturated carbocycles. The van der Waals surface area contributed by atoms with Crippen LogP contribution in [-0.2, 0) is 0 Å². The van der Waals surface area contributed by atoms with E-state index in [1.54, 1.807) is 6.07 Å². The summed E-state index contributed by atoms with van der Waals surface area (Å²) < 4.78 is 13.4. The highest BCUT2D eigenvalue weighted by Gasteiger charge is 2.20. The lowest BCUT2D eigenvalue weighted by Gasteiger charge is -2.32. The summed E-state index contributed by atoms with van der Waals surface area (Å²) >= 11 is 5.68. The molecular weight excluding hydrogens is 239 g/mol. The summed E-state index contributed by atoms with van der Waals surface area (Å²) in [5.74, 6) is -0.389. The quantitative estimate of drug-likeness (QED) is 0.879. The van der Waals surface area contributed by atoms with Crippen molar-refractivity contribution in [2.24, 2.45) is 5.73 Å². The monoisotopic (exact) mass is 258 g/mol. The normalized spacial score (nSPS) is 15.0. The molecule has 0 bridgehead atoms. The number of rotatable bonds is 5. The van der Waals surface area contributed by atoms with Gasteiger partial charge in [0.05, 0.1) is 5.02 Å². The van der Waals surface area contributed by atoms with Gasteiger partial charge in [0.25, 0.3) is 0 Å². The molecule has 0 saturated heterocycles. The van der Waals surface area contributed by atoms with Crippen molar-refractivity contribution in [1.29, 1.82) is 0 Å². The van der Waals surface area contributed by atoms with Gasteiger partial charge in [0.2, 0.25) is 0 Å². The van der Waals surface area contributed by atoms with Crippen LogP contribution in [0.3, 0.4) is 0 Å². The van der Waals surface area contributed by atoms with E-state index in [1.165, 1.54) is 6.07 Å². The molecular formula is C13H20ClFN2. The molecule has 2 atom stereocenters. The lowest BCUT2D eigenvalue weighted by Crippen LogP contribution is -2.36. The van der Waals surface area contributed by atoms with Crippen LogP contribution < -0.4 is 5.73 Å². The van der Waals surface area contributed by atoms with Gasteiger partial charge < -0.3 is 5.73 Å². The molecule has 17 heavy (non-hydrogen) atoms. The molecule has 0 aliphatic carbocycles. The number of hydrogen-bond donors (Lipinski definition) is 1. The Bertz CT molecular complexity index is 370. The van der Waals surface area contributed by atoms with Crippen molar-refractivity contribution in [1.82, 2.24) is 4.90 Å². The van der Waals surface area contributed by atoms with E-state index in [1.807, 2.05) is 13.1 Å². The molecule has 0 aromatic heterocycles. The van der Waals surface area contributed by atoms with E-state index in [0.29, 0.717) is 12.6 Å². The predicted molar refractivity (Wildman–Crippen MR) is 70.7 cm³/mol. The van der Waals surface area contributed by atoms with Crippen molar-refractivity contribution >= 4 is 11.6 Å². The fourth-order valence-electron chi connectivity index (χ4n) is 1.85. The SMILES string of the molecule is CCC(C)N(C)C(CN)c1ccc(Cl)c(F)c1. The Hall–Kier alpha value is -0.640. The Labute approximate surface area is 108 Å². The molecule has 0 amide bonds. The number of nitrogens with zero attached hydrogens (tertiary/aromatic N) is 1. The number of nitrogens with two attached hydrogens (primary N) is 1. The van der Waals surface area contributed by atoms with Crippen LogP contribution in [0.25, 0.3) is 0 Å². The Kier molecular flexibility index (Phi) is 5.37. The molecule has 2 nitrogen and oxygen atoms in total. The maximum atomic E-state index is 13.4. The van der Waals surface area contributed by atoms with Crippen LogP contribution >= 0.6 is 11.6 Å². The highest BCUT2D eigenvalue weighted by atomic mass is 35.5. The second kappa shape index (κ2) is 6.34. The molecule has 96 valence electrons. The number of hydrogen-bond acceptors (Lipinski definition) is 2. The first-order valence-electron chi connectivity index (χ1n) is 5.88. The predicted octanol–water partition coefficient (Wildman–Crippen LogP) is 3.21. The molecule has 1 aromatic rings. The van der Waals surface area contributed by atoms with Gasteiger partial charge >= 0.3 is 0 Å². The largest absolute Gasteiger partial charge is 0.329 e. The van der Waals surface area contributed by atoms with Crippen molar-refractivity contribution < 1.29 is 4.39 Å². The van der Waals surface area contributed by atoms with E-state index < -0.39 is 0 Å². The summed E-state index contributed by atoms with van der Waals surface area (Å²) in [6.07, 6.45) is 1.03. The van der Waals surface area contributed by atoms with E-state index >= 15 is 0 Å². The summed E-state index contributed by atoms with van der Waals surface area (Å²) in [6.45, 7) is 4.72. The zero-order chi connectivity index (χ0) is 13.0. The molecule has 0 radical (unpaired) electrons. The van der Waals surface area contributed by atoms with E-state index in [4.69, 9.17) is 17.3 Å². The molecule has 2 N–H and O–H groups in total. The van der Waals surface area contributed by atoms with Crippen molar-refractivity contribution in [2.75, 3.05) is 13.6 Å². The Morgan fingerprint density at radius 3 is 2.59 bits per heavy atom. The minimum absolute atomic E-state index is 0.0247. The van der Waals surface area contributed by atoms with Crippen molar-refractivity contribution in [2.45, 2.75) is 32.4 Å². The standard InChI is InChI=1S/C13H20ClFN2/c1-4-9(2)17(3)13(8-16)10-5-6-11(14)12(15)7-10/h5-7,9,13H,4,8,16H2,1-3H3. The van der Waals surface area contributed by atoms with E-state index in [0.717, 1.165) is 12.0 Å². The van der Waals surface area contributed by atoms with Crippen LogP contribution in [0.4, 0.5) is 4.39 Å². The first kappa shape index (κ1) is 14.4. The third-order valence-corrected chi connectivity index (χ3v) is 3.64.